The summed E-state index contributed by atoms with van der Waals surface area (Å²) in [6.45, 7) is 2.90. The third-order valence-corrected chi connectivity index (χ3v) is 9.43. The van der Waals surface area contributed by atoms with Gasteiger partial charge in [-0.25, -0.2) is 0 Å². The summed E-state index contributed by atoms with van der Waals surface area (Å²) in [4.78, 5) is 39.2. The second-order valence-corrected chi connectivity index (χ2v) is 12.4. The zero-order valence-corrected chi connectivity index (χ0v) is 25.5. The Morgan fingerprint density at radius 2 is 1.83 bits per heavy atom. The zero-order chi connectivity index (χ0) is 29.8. The maximum absolute atomic E-state index is 13.6. The Hall–Kier alpha value is -3.23. The topological polar surface area (TPSA) is 104 Å². The van der Waals surface area contributed by atoms with Crippen molar-refractivity contribution in [1.82, 2.24) is 4.90 Å². The van der Waals surface area contributed by atoms with Crippen molar-refractivity contribution in [3.8, 4) is 5.75 Å². The smallest absolute Gasteiger partial charge is 0.303 e. The average molecular weight is 637 g/mol. The first-order chi connectivity index (χ1) is 20.3. The van der Waals surface area contributed by atoms with E-state index in [2.05, 4.69) is 35.0 Å². The number of allylic oxidation sites excluding steroid dienone is 2. The summed E-state index contributed by atoms with van der Waals surface area (Å²) in [6, 6.07) is 15.5. The van der Waals surface area contributed by atoms with E-state index in [1.807, 2.05) is 36.4 Å². The van der Waals surface area contributed by atoms with Crippen molar-refractivity contribution >= 4 is 45.4 Å². The molecule has 7 nitrogen and oxygen atoms in total. The maximum Gasteiger partial charge on any atom is 0.303 e. The quantitative estimate of drug-likeness (QED) is 0.114. The van der Waals surface area contributed by atoms with Gasteiger partial charge in [-0.1, -0.05) is 65.2 Å². The lowest BCUT2D eigenvalue weighted by Crippen LogP contribution is -2.34. The Morgan fingerprint density at radius 1 is 1.05 bits per heavy atom. The van der Waals surface area contributed by atoms with Gasteiger partial charge < -0.3 is 14.9 Å². The number of nitrogens with zero attached hydrogens (tertiary/aromatic N) is 1. The third kappa shape index (κ3) is 6.40. The molecule has 2 fully saturated rings. The highest BCUT2D eigenvalue weighted by Gasteiger charge is 2.56. The first-order valence-corrected chi connectivity index (χ1v) is 15.7. The number of amides is 2. The molecule has 2 aromatic carbocycles. The van der Waals surface area contributed by atoms with Gasteiger partial charge in [0.25, 0.3) is 0 Å². The average Bonchev–Trinajstić information content (AvgIpc) is 3.51. The normalized spacial score (nSPS) is 23.9. The zero-order valence-electron chi connectivity index (χ0n) is 23.9. The van der Waals surface area contributed by atoms with Crippen LogP contribution in [0.5, 0.6) is 5.75 Å². The Morgan fingerprint density at radius 3 is 2.57 bits per heavy atom. The summed E-state index contributed by atoms with van der Waals surface area (Å²) in [5, 5.41) is 19.4. The number of unbranched alkanes of at least 4 members (excludes halogenated alkanes) is 2. The number of phenols is 1. The van der Waals surface area contributed by atoms with Crippen LogP contribution in [0.4, 0.5) is 0 Å². The number of carboxylic acids is 1. The molecule has 5 rings (SSSR count). The van der Waals surface area contributed by atoms with Crippen LogP contribution in [-0.4, -0.2) is 52.2 Å². The lowest BCUT2D eigenvalue weighted by atomic mass is 9.69. The molecule has 2 aliphatic heterocycles. The summed E-state index contributed by atoms with van der Waals surface area (Å²) < 4.78 is 7.28. The standard InChI is InChI=1S/C34H38BrNO6/c1-2-21-19-26-32(34(41)36(33(26)40)16-8-4-7-11-30(38)39)27-20-42-29(31(21)27)15-12-23(22-9-5-3-6-10-22)17-24-18-25(35)13-14-28(24)37/h3,5-6,9-10,13-14,17-18,26-27,29,32,37H,2,4,7-8,11-12,15-16,19-20H2,1H3,(H,38,39)/b23-17-/t26-,27+,29-,32-/m1/s1. The molecule has 4 atom stereocenters. The lowest BCUT2D eigenvalue weighted by molar-refractivity contribution is -0.141. The fourth-order valence-corrected chi connectivity index (χ4v) is 7.27. The largest absolute Gasteiger partial charge is 0.507 e. The number of carboxylic acid groups (broad SMARTS) is 1. The predicted molar refractivity (Wildman–Crippen MR) is 164 cm³/mol. The van der Waals surface area contributed by atoms with Crippen molar-refractivity contribution in [2.24, 2.45) is 17.8 Å². The molecule has 42 heavy (non-hydrogen) atoms. The fourth-order valence-electron chi connectivity index (χ4n) is 6.89. The minimum atomic E-state index is -0.825. The molecule has 0 radical (unpaired) electrons. The number of halogens is 1. The van der Waals surface area contributed by atoms with Crippen molar-refractivity contribution in [2.75, 3.05) is 13.2 Å². The van der Waals surface area contributed by atoms with E-state index in [9.17, 15) is 19.5 Å². The van der Waals surface area contributed by atoms with Gasteiger partial charge in [-0.05, 0) is 79.5 Å². The van der Waals surface area contributed by atoms with Gasteiger partial charge in [0, 0.05) is 28.9 Å². The molecule has 2 heterocycles. The first-order valence-electron chi connectivity index (χ1n) is 14.9. The lowest BCUT2D eigenvalue weighted by Gasteiger charge is -2.31. The van der Waals surface area contributed by atoms with Gasteiger partial charge in [0.1, 0.15) is 5.75 Å². The van der Waals surface area contributed by atoms with E-state index in [0.717, 1.165) is 40.4 Å². The SMILES string of the molecule is CCC1=C2[C@@H](CC/C(=C/c3cc(Br)ccc3O)c3ccccc3)OC[C@@H]2[C@@H]2C(=O)N(CCCCCC(=O)O)C(=O)[C@@H]2C1. The van der Waals surface area contributed by atoms with Crippen LogP contribution in [0.2, 0.25) is 0 Å². The summed E-state index contributed by atoms with van der Waals surface area (Å²) in [6.07, 6.45) is 6.72. The molecule has 0 bridgehead atoms. The Balaban J connectivity index is 1.33. The van der Waals surface area contributed by atoms with Crippen molar-refractivity contribution in [1.29, 1.82) is 0 Å². The molecule has 0 spiro atoms. The molecule has 3 aliphatic rings. The van der Waals surface area contributed by atoms with Gasteiger partial charge in [-0.2, -0.15) is 0 Å². The van der Waals surface area contributed by atoms with Crippen LogP contribution in [0.15, 0.2) is 64.1 Å². The van der Waals surface area contributed by atoms with Gasteiger partial charge in [0.15, 0.2) is 0 Å². The highest BCUT2D eigenvalue weighted by molar-refractivity contribution is 9.10. The minimum absolute atomic E-state index is 0.0835. The molecule has 2 saturated heterocycles. The number of rotatable bonds is 12. The number of phenolic OH excluding ortho intramolecular Hbond substituents is 1. The second kappa shape index (κ2) is 13.4. The summed E-state index contributed by atoms with van der Waals surface area (Å²) >= 11 is 3.51. The van der Waals surface area contributed by atoms with E-state index in [1.54, 1.807) is 6.07 Å². The van der Waals surface area contributed by atoms with E-state index >= 15 is 0 Å². The minimum Gasteiger partial charge on any atom is -0.507 e. The highest BCUT2D eigenvalue weighted by atomic mass is 79.9. The summed E-state index contributed by atoms with van der Waals surface area (Å²) in [5.41, 5.74) is 5.35. The van der Waals surface area contributed by atoms with E-state index in [1.165, 1.54) is 16.0 Å². The number of carbonyl (C=O) groups is 3. The Kier molecular flexibility index (Phi) is 9.63. The molecule has 8 heteroatoms. The van der Waals surface area contributed by atoms with Gasteiger partial charge in [0.05, 0.1) is 24.5 Å². The Labute approximate surface area is 255 Å². The highest BCUT2D eigenvalue weighted by Crippen LogP contribution is 2.50. The van der Waals surface area contributed by atoms with Crippen molar-refractivity contribution in [3.05, 3.63) is 75.3 Å². The first kappa shape index (κ1) is 30.2. The van der Waals surface area contributed by atoms with Gasteiger partial charge in [-0.3, -0.25) is 19.3 Å². The monoisotopic (exact) mass is 635 g/mol. The molecule has 222 valence electrons. The van der Waals surface area contributed by atoms with Crippen LogP contribution >= 0.6 is 15.9 Å². The molecule has 1 aliphatic carbocycles. The molecule has 2 amide bonds. The van der Waals surface area contributed by atoms with E-state index in [4.69, 9.17) is 9.84 Å². The van der Waals surface area contributed by atoms with E-state index in [0.29, 0.717) is 38.8 Å². The van der Waals surface area contributed by atoms with Crippen molar-refractivity contribution in [2.45, 2.75) is 64.4 Å². The van der Waals surface area contributed by atoms with Gasteiger partial charge >= 0.3 is 5.97 Å². The van der Waals surface area contributed by atoms with Crippen LogP contribution < -0.4 is 0 Å². The van der Waals surface area contributed by atoms with Crippen LogP contribution in [-0.2, 0) is 19.1 Å². The molecular weight excluding hydrogens is 598 g/mol. The molecule has 0 unspecified atom stereocenters. The fraction of sp³-hybridized carbons (Fsp3) is 0.441. The van der Waals surface area contributed by atoms with E-state index < -0.39 is 5.97 Å². The Bertz CT molecular complexity index is 1400. The number of hydrogen-bond donors (Lipinski definition) is 2. The molecule has 2 N–H and O–H groups in total. The number of likely N-dealkylation sites (tertiary alicyclic amines) is 1. The van der Waals surface area contributed by atoms with Crippen molar-refractivity contribution in [3.63, 3.8) is 0 Å². The van der Waals surface area contributed by atoms with E-state index in [-0.39, 0.29) is 47.8 Å². The van der Waals surface area contributed by atoms with Crippen molar-refractivity contribution < 1.29 is 29.3 Å². The van der Waals surface area contributed by atoms with Gasteiger partial charge in [0.2, 0.25) is 11.8 Å². The van der Waals surface area contributed by atoms with Crippen LogP contribution in [0.25, 0.3) is 11.6 Å². The second-order valence-electron chi connectivity index (χ2n) is 11.5. The summed E-state index contributed by atoms with van der Waals surface area (Å²) in [7, 11) is 0. The molecular formula is C34H38BrNO6. The third-order valence-electron chi connectivity index (χ3n) is 8.94. The van der Waals surface area contributed by atoms with Gasteiger partial charge in [-0.15, -0.1) is 0 Å². The number of fused-ring (bicyclic) bond motifs is 3. The molecule has 2 aromatic rings. The number of carbonyl (C=O) groups excluding carboxylic acids is 2. The number of benzene rings is 2. The number of hydrogen-bond acceptors (Lipinski definition) is 5. The molecule has 0 aromatic heterocycles. The number of aromatic hydroxyl groups is 1. The molecule has 0 saturated carbocycles. The van der Waals surface area contributed by atoms with Crippen LogP contribution in [0.3, 0.4) is 0 Å². The van der Waals surface area contributed by atoms with Crippen LogP contribution in [0, 0.1) is 17.8 Å². The number of ether oxygens (including phenoxy) is 1. The maximum atomic E-state index is 13.6. The summed E-state index contributed by atoms with van der Waals surface area (Å²) in [5.74, 6) is -1.59. The number of aliphatic carboxylic acids is 1. The van der Waals surface area contributed by atoms with Crippen LogP contribution in [0.1, 0.15) is 69.4 Å². The number of imide groups is 1. The predicted octanol–water partition coefficient (Wildman–Crippen LogP) is 6.85.